The van der Waals surface area contributed by atoms with Crippen LogP contribution in [0.3, 0.4) is 0 Å². The summed E-state index contributed by atoms with van der Waals surface area (Å²) in [5, 5.41) is 0. The molecule has 0 unspecified atom stereocenters. The van der Waals surface area contributed by atoms with Crippen LogP contribution in [0, 0.1) is 0 Å². The molecule has 54 heavy (non-hydrogen) atoms. The Bertz CT molecular complexity index is 1400. The summed E-state index contributed by atoms with van der Waals surface area (Å²) in [4.78, 5) is 8.52. The fraction of sp³-hybridized carbons (Fsp3) is 0.667. The number of rotatable bonds is 25. The van der Waals surface area contributed by atoms with Crippen molar-refractivity contribution in [3.63, 3.8) is 0 Å². The van der Waals surface area contributed by atoms with E-state index in [0.29, 0.717) is 29.5 Å². The standard InChI is InChI=1S/C30H32F16N2O6/c1-2-3-4-5-12-52-22-14-47-23(48-15-22)19-7-9-21(10-8-19)51-13-6-11-49-16-20(31)17-50-18-24(32,33)53-29(43,44)30(45,46)54-28(41,42)26(36,37)25(34,35)27(38,39)40/h7-10,14-15,20H,2-6,11-13,16-18H2,1H3/t20-/m0/s1. The molecule has 2 rings (SSSR count). The highest BCUT2D eigenvalue weighted by Crippen LogP contribution is 2.56. The highest BCUT2D eigenvalue weighted by molar-refractivity contribution is 5.56. The van der Waals surface area contributed by atoms with Crippen molar-refractivity contribution in [2.24, 2.45) is 0 Å². The Hall–Kier alpha value is -3.38. The van der Waals surface area contributed by atoms with Crippen molar-refractivity contribution in [2.45, 2.75) is 87.7 Å². The maximum Gasteiger partial charge on any atom is 0.460 e. The first-order chi connectivity index (χ1) is 24.8. The van der Waals surface area contributed by atoms with Crippen LogP contribution in [-0.2, 0) is 18.9 Å². The summed E-state index contributed by atoms with van der Waals surface area (Å²) in [6, 6.07) is 6.59. The molecule has 0 saturated carbocycles. The van der Waals surface area contributed by atoms with E-state index >= 15 is 0 Å². The largest absolute Gasteiger partial charge is 0.494 e. The predicted octanol–water partition coefficient (Wildman–Crippen LogP) is 9.48. The predicted molar refractivity (Wildman–Crippen MR) is 152 cm³/mol. The third-order valence-electron chi connectivity index (χ3n) is 6.57. The molecule has 0 radical (unpaired) electrons. The summed E-state index contributed by atoms with van der Waals surface area (Å²) in [7, 11) is 0. The van der Waals surface area contributed by atoms with E-state index in [0.717, 1.165) is 25.7 Å². The highest BCUT2D eigenvalue weighted by atomic mass is 19.4. The third kappa shape index (κ3) is 13.1. The molecule has 0 spiro atoms. The molecule has 1 heterocycles. The quantitative estimate of drug-likeness (QED) is 0.0725. The normalized spacial score (nSPS) is 14.3. The zero-order chi connectivity index (χ0) is 41.1. The maximum atomic E-state index is 13.9. The average molecular weight is 821 g/mol. The van der Waals surface area contributed by atoms with Gasteiger partial charge in [0.25, 0.3) is 0 Å². The van der Waals surface area contributed by atoms with Gasteiger partial charge in [-0.05, 0) is 30.7 Å². The maximum absolute atomic E-state index is 13.9. The van der Waals surface area contributed by atoms with Gasteiger partial charge in [-0.2, -0.15) is 65.9 Å². The lowest BCUT2D eigenvalue weighted by Crippen LogP contribution is -2.64. The van der Waals surface area contributed by atoms with E-state index in [4.69, 9.17) is 14.2 Å². The second kappa shape index (κ2) is 19.0. The minimum Gasteiger partial charge on any atom is -0.494 e. The van der Waals surface area contributed by atoms with Gasteiger partial charge in [0, 0.05) is 18.6 Å². The van der Waals surface area contributed by atoms with Gasteiger partial charge in [-0.25, -0.2) is 23.8 Å². The van der Waals surface area contributed by atoms with Gasteiger partial charge in [0.05, 0.1) is 38.8 Å². The van der Waals surface area contributed by atoms with Gasteiger partial charge in [-0.1, -0.05) is 26.2 Å². The van der Waals surface area contributed by atoms with Crippen molar-refractivity contribution in [1.29, 1.82) is 0 Å². The highest BCUT2D eigenvalue weighted by Gasteiger charge is 2.85. The van der Waals surface area contributed by atoms with Crippen LogP contribution in [0.1, 0.15) is 39.0 Å². The summed E-state index contributed by atoms with van der Waals surface area (Å²) >= 11 is 0. The van der Waals surface area contributed by atoms with Crippen LogP contribution in [0.4, 0.5) is 70.2 Å². The molecule has 0 N–H and O–H groups in total. The van der Waals surface area contributed by atoms with Crippen molar-refractivity contribution >= 4 is 0 Å². The Kier molecular flexibility index (Phi) is 16.4. The van der Waals surface area contributed by atoms with Crippen LogP contribution in [0.2, 0.25) is 0 Å². The number of halogens is 16. The number of hydrogen-bond donors (Lipinski definition) is 0. The zero-order valence-corrected chi connectivity index (χ0v) is 27.7. The minimum absolute atomic E-state index is 0.0496. The first-order valence-corrected chi connectivity index (χ1v) is 15.5. The molecule has 0 saturated heterocycles. The van der Waals surface area contributed by atoms with Gasteiger partial charge in [-0.3, -0.25) is 0 Å². The molecule has 0 aliphatic rings. The van der Waals surface area contributed by atoms with Gasteiger partial charge in [0.2, 0.25) is 0 Å². The Morgan fingerprint density at radius 1 is 0.574 bits per heavy atom. The second-order valence-corrected chi connectivity index (χ2v) is 11.1. The smallest absolute Gasteiger partial charge is 0.460 e. The Morgan fingerprint density at radius 3 is 1.69 bits per heavy atom. The number of alkyl halides is 16. The molecule has 8 nitrogen and oxygen atoms in total. The van der Waals surface area contributed by atoms with Gasteiger partial charge in [0.1, 0.15) is 18.5 Å². The zero-order valence-electron chi connectivity index (χ0n) is 27.7. The van der Waals surface area contributed by atoms with Crippen LogP contribution in [-0.4, -0.2) is 98.2 Å². The van der Waals surface area contributed by atoms with Crippen LogP contribution in [0.15, 0.2) is 36.7 Å². The first kappa shape index (κ1) is 46.8. The molecule has 0 bridgehead atoms. The van der Waals surface area contributed by atoms with Crippen LogP contribution >= 0.6 is 0 Å². The summed E-state index contributed by atoms with van der Waals surface area (Å²) in [5.74, 6) is -14.4. The number of unbranched alkanes of at least 4 members (excludes halogenated alkanes) is 3. The average Bonchev–Trinajstić information content (AvgIpc) is 3.05. The molecule has 1 aromatic heterocycles. The van der Waals surface area contributed by atoms with Gasteiger partial charge in [0.15, 0.2) is 11.6 Å². The van der Waals surface area contributed by atoms with Gasteiger partial charge < -0.3 is 18.9 Å². The molecule has 1 aromatic carbocycles. The Balaban J connectivity index is 1.72. The number of nitrogens with zero attached hydrogens (tertiary/aromatic N) is 2. The molecular weight excluding hydrogens is 788 g/mol. The van der Waals surface area contributed by atoms with E-state index in [9.17, 15) is 70.2 Å². The SMILES string of the molecule is CCCCCCOc1cnc(-c2ccc(OCCCOC[C@H](F)COCC(F)(F)OC(F)(F)C(F)(F)OC(F)(F)C(F)(F)C(F)(F)C(F)(F)F)cc2)nc1. The van der Waals surface area contributed by atoms with E-state index in [2.05, 4.69) is 26.4 Å². The van der Waals surface area contributed by atoms with Crippen LogP contribution < -0.4 is 9.47 Å². The molecule has 0 fully saturated rings. The number of ether oxygens (including phenoxy) is 6. The lowest BCUT2D eigenvalue weighted by Gasteiger charge is -2.36. The minimum atomic E-state index is -7.96. The number of benzene rings is 1. The molecule has 0 amide bonds. The Morgan fingerprint density at radius 2 is 1.11 bits per heavy atom. The van der Waals surface area contributed by atoms with Crippen LogP contribution in [0.25, 0.3) is 11.4 Å². The second-order valence-electron chi connectivity index (χ2n) is 11.1. The molecule has 0 aliphatic heterocycles. The monoisotopic (exact) mass is 820 g/mol. The topological polar surface area (TPSA) is 81.2 Å². The molecule has 310 valence electrons. The van der Waals surface area contributed by atoms with Gasteiger partial charge in [-0.15, -0.1) is 0 Å². The summed E-state index contributed by atoms with van der Waals surface area (Å²) in [5.41, 5.74) is 0.673. The van der Waals surface area contributed by atoms with Crippen molar-refractivity contribution in [3.8, 4) is 22.9 Å². The van der Waals surface area contributed by atoms with E-state index < -0.39 is 68.4 Å². The molecule has 1 atom stereocenters. The van der Waals surface area contributed by atoms with E-state index in [-0.39, 0.29) is 19.6 Å². The third-order valence-corrected chi connectivity index (χ3v) is 6.57. The Labute approximate surface area is 296 Å². The molecule has 24 heteroatoms. The van der Waals surface area contributed by atoms with Crippen molar-refractivity contribution in [3.05, 3.63) is 36.7 Å². The van der Waals surface area contributed by atoms with Crippen molar-refractivity contribution < 1.29 is 98.7 Å². The lowest BCUT2D eigenvalue weighted by atomic mass is 10.1. The molecule has 2 aromatic rings. The summed E-state index contributed by atoms with van der Waals surface area (Å²) in [6.07, 6.45) is -30.3. The molecular formula is C30H32F16N2O6. The fourth-order valence-electron chi connectivity index (χ4n) is 3.80. The van der Waals surface area contributed by atoms with Crippen molar-refractivity contribution in [2.75, 3.05) is 39.6 Å². The number of hydrogen-bond acceptors (Lipinski definition) is 8. The molecule has 0 aliphatic carbocycles. The number of aromatic nitrogens is 2. The fourth-order valence-corrected chi connectivity index (χ4v) is 3.80. The summed E-state index contributed by atoms with van der Waals surface area (Å²) in [6.45, 7) is -2.23. The first-order valence-electron chi connectivity index (χ1n) is 15.5. The van der Waals surface area contributed by atoms with Crippen LogP contribution in [0.5, 0.6) is 11.5 Å². The van der Waals surface area contributed by atoms with E-state index in [1.165, 1.54) is 4.74 Å². The van der Waals surface area contributed by atoms with Gasteiger partial charge >= 0.3 is 42.5 Å². The van der Waals surface area contributed by atoms with E-state index in [1.807, 2.05) is 0 Å². The lowest BCUT2D eigenvalue weighted by molar-refractivity contribution is -0.543. The van der Waals surface area contributed by atoms with E-state index in [1.54, 1.807) is 36.7 Å². The van der Waals surface area contributed by atoms with Crippen molar-refractivity contribution in [1.82, 2.24) is 9.97 Å². The summed E-state index contributed by atoms with van der Waals surface area (Å²) < 4.78 is 233.